The number of carbonyl (C=O) groups is 1. The summed E-state index contributed by atoms with van der Waals surface area (Å²) in [6.45, 7) is 8.01. The number of nitrogens with one attached hydrogen (secondary N) is 1. The minimum atomic E-state index is -0.934. The van der Waals surface area contributed by atoms with Crippen LogP contribution in [0.15, 0.2) is 28.8 Å². The Hall–Kier alpha value is -2.93. The summed E-state index contributed by atoms with van der Waals surface area (Å²) < 4.78 is 25.5. The fraction of sp³-hybridized carbons (Fsp3) is 0.478. The van der Waals surface area contributed by atoms with Gasteiger partial charge in [0.25, 0.3) is 0 Å². The van der Waals surface area contributed by atoms with Gasteiger partial charge in [0, 0.05) is 70.3 Å². The van der Waals surface area contributed by atoms with E-state index in [2.05, 4.69) is 20.1 Å². The molecule has 3 aromatic rings. The van der Waals surface area contributed by atoms with Gasteiger partial charge in [0.2, 0.25) is 5.91 Å². The third kappa shape index (κ3) is 5.50. The van der Waals surface area contributed by atoms with Crippen LogP contribution in [0.4, 0.5) is 11.6 Å². The molecule has 186 valence electrons. The zero-order chi connectivity index (χ0) is 24.4. The molecule has 0 radical (unpaired) electrons. The number of rotatable bonds is 6. The van der Waals surface area contributed by atoms with E-state index in [-0.39, 0.29) is 5.91 Å². The van der Waals surface area contributed by atoms with Crippen molar-refractivity contribution < 1.29 is 18.2 Å². The highest BCUT2D eigenvalue weighted by atomic mass is 32.2. The Morgan fingerprint density at radius 1 is 1.11 bits per heavy atom. The predicted molar refractivity (Wildman–Crippen MR) is 133 cm³/mol. The minimum Gasteiger partial charge on any atom is -0.454 e. The first kappa shape index (κ1) is 23.8. The molecule has 0 saturated carbocycles. The maximum atomic E-state index is 11.7. The van der Waals surface area contributed by atoms with Crippen molar-refractivity contribution in [3.63, 3.8) is 0 Å². The van der Waals surface area contributed by atoms with E-state index in [9.17, 15) is 9.00 Å². The van der Waals surface area contributed by atoms with E-state index < -0.39 is 11.0 Å². The highest BCUT2D eigenvalue weighted by Crippen LogP contribution is 2.31. The monoisotopic (exact) mass is 499 g/mol. The minimum absolute atomic E-state index is 0.173. The first-order valence-electron chi connectivity index (χ1n) is 11.6. The van der Waals surface area contributed by atoms with Crippen LogP contribution in [0, 0.1) is 0 Å². The quantitative estimate of drug-likeness (QED) is 0.538. The number of nitrogens with zero attached hydrogens (tertiary/aromatic N) is 6. The van der Waals surface area contributed by atoms with Crippen LogP contribution in [0.25, 0.3) is 22.5 Å². The number of anilines is 2. The lowest BCUT2D eigenvalue weighted by Crippen LogP contribution is -2.46. The molecule has 2 fully saturated rings. The van der Waals surface area contributed by atoms with E-state index in [0.717, 1.165) is 61.9 Å². The summed E-state index contributed by atoms with van der Waals surface area (Å²) in [5, 5.41) is 2.67. The van der Waals surface area contributed by atoms with Crippen molar-refractivity contribution in [2.75, 3.05) is 69.0 Å². The number of aromatic nitrogens is 3. The van der Waals surface area contributed by atoms with E-state index in [4.69, 9.17) is 19.1 Å². The fourth-order valence-corrected chi connectivity index (χ4v) is 4.98. The van der Waals surface area contributed by atoms with Crippen LogP contribution in [-0.4, -0.2) is 93.0 Å². The Labute approximate surface area is 206 Å². The second-order valence-electron chi connectivity index (χ2n) is 8.64. The number of fused-ring (bicyclic) bond motifs is 1. The maximum absolute atomic E-state index is 11.7. The molecule has 0 aliphatic carbocycles. The number of amides is 1. The molecule has 2 saturated heterocycles. The zero-order valence-corrected chi connectivity index (χ0v) is 20.7. The third-order valence-electron chi connectivity index (χ3n) is 6.12. The molecule has 3 aromatic heterocycles. The smallest absolute Gasteiger partial charge is 0.222 e. The number of morpholine rings is 1. The lowest BCUT2D eigenvalue weighted by molar-refractivity contribution is -0.114. The molecule has 35 heavy (non-hydrogen) atoms. The largest absolute Gasteiger partial charge is 0.454 e. The molecule has 1 unspecified atom stereocenters. The van der Waals surface area contributed by atoms with Gasteiger partial charge in [-0.2, -0.15) is 0 Å². The Kier molecular flexibility index (Phi) is 7.04. The van der Waals surface area contributed by atoms with E-state index >= 15 is 0 Å². The molecule has 0 bridgehead atoms. The number of piperazine rings is 1. The Balaban J connectivity index is 1.44. The van der Waals surface area contributed by atoms with E-state index in [0.29, 0.717) is 37.0 Å². The zero-order valence-electron chi connectivity index (χ0n) is 19.9. The van der Waals surface area contributed by atoms with Crippen molar-refractivity contribution in [3.05, 3.63) is 30.2 Å². The van der Waals surface area contributed by atoms with Crippen molar-refractivity contribution in [1.82, 2.24) is 24.2 Å². The third-order valence-corrected chi connectivity index (χ3v) is 7.21. The number of hydrogen-bond acceptors (Lipinski definition) is 9. The summed E-state index contributed by atoms with van der Waals surface area (Å²) in [5.41, 5.74) is 2.16. The molecule has 11 nitrogen and oxygen atoms in total. The highest BCUT2D eigenvalue weighted by Gasteiger charge is 2.24. The summed E-state index contributed by atoms with van der Waals surface area (Å²) in [5.74, 6) is 2.43. The van der Waals surface area contributed by atoms with Crippen molar-refractivity contribution in [3.8, 4) is 11.4 Å². The van der Waals surface area contributed by atoms with Gasteiger partial charge in [-0.1, -0.05) is 0 Å². The standard InChI is InChI=1S/C23H29N7O4S/c1-16(31)25-20-4-3-17(14-24-20)22-26-19-13-18(15-28-5-7-30(8-6-28)35(2)32)34-21(19)23(27-22)29-9-11-33-12-10-29/h3-4,13-14H,5-12,15H2,1-2H3,(H,24,25,31). The molecule has 2 aliphatic heterocycles. The molecule has 0 aromatic carbocycles. The van der Waals surface area contributed by atoms with Gasteiger partial charge < -0.3 is 19.4 Å². The van der Waals surface area contributed by atoms with E-state index in [1.807, 2.05) is 16.4 Å². The van der Waals surface area contributed by atoms with Crippen LogP contribution in [-0.2, 0) is 27.1 Å². The summed E-state index contributed by atoms with van der Waals surface area (Å²) in [6.07, 6.45) is 3.38. The van der Waals surface area contributed by atoms with Crippen LogP contribution in [0.3, 0.4) is 0 Å². The van der Waals surface area contributed by atoms with Gasteiger partial charge in [0.15, 0.2) is 17.2 Å². The van der Waals surface area contributed by atoms with Crippen LogP contribution in [0.5, 0.6) is 0 Å². The fourth-order valence-electron chi connectivity index (χ4n) is 4.31. The molecule has 0 spiro atoms. The number of pyridine rings is 1. The SMILES string of the molecule is CC(=O)Nc1ccc(-c2nc(N3CCOCC3)c3oc(CN4CCN(S(C)=O)CC4)cc3n2)cn1. The van der Waals surface area contributed by atoms with Crippen molar-refractivity contribution >= 4 is 39.6 Å². The summed E-state index contributed by atoms with van der Waals surface area (Å²) >= 11 is 0. The highest BCUT2D eigenvalue weighted by molar-refractivity contribution is 7.81. The van der Waals surface area contributed by atoms with Crippen molar-refractivity contribution in [2.24, 2.45) is 0 Å². The van der Waals surface area contributed by atoms with Crippen LogP contribution in [0.2, 0.25) is 0 Å². The maximum Gasteiger partial charge on any atom is 0.222 e. The first-order valence-corrected chi connectivity index (χ1v) is 13.2. The lowest BCUT2D eigenvalue weighted by atomic mass is 10.2. The Morgan fingerprint density at radius 2 is 1.89 bits per heavy atom. The number of hydrogen-bond donors (Lipinski definition) is 1. The molecule has 1 N–H and O–H groups in total. The molecular formula is C23H29N7O4S. The number of ether oxygens (including phenoxy) is 1. The molecule has 5 heterocycles. The van der Waals surface area contributed by atoms with Crippen molar-refractivity contribution in [2.45, 2.75) is 13.5 Å². The molecule has 2 aliphatic rings. The molecule has 5 rings (SSSR count). The van der Waals surface area contributed by atoms with Gasteiger partial charge in [-0.15, -0.1) is 0 Å². The van der Waals surface area contributed by atoms with Gasteiger partial charge in [-0.05, 0) is 12.1 Å². The van der Waals surface area contributed by atoms with E-state index in [1.54, 1.807) is 18.5 Å². The second kappa shape index (κ2) is 10.4. The summed E-state index contributed by atoms with van der Waals surface area (Å²) in [4.78, 5) is 29.7. The van der Waals surface area contributed by atoms with Crippen molar-refractivity contribution in [1.29, 1.82) is 0 Å². The lowest BCUT2D eigenvalue weighted by Gasteiger charge is -2.32. The predicted octanol–water partition coefficient (Wildman–Crippen LogP) is 1.49. The summed E-state index contributed by atoms with van der Waals surface area (Å²) in [7, 11) is -0.934. The second-order valence-corrected chi connectivity index (χ2v) is 10.0. The van der Waals surface area contributed by atoms with E-state index in [1.165, 1.54) is 6.92 Å². The number of carbonyl (C=O) groups excluding carboxylic acids is 1. The van der Waals surface area contributed by atoms with Crippen LogP contribution in [0.1, 0.15) is 12.7 Å². The molecular weight excluding hydrogens is 470 g/mol. The Morgan fingerprint density at radius 3 is 2.54 bits per heavy atom. The normalized spacial score (nSPS) is 18.6. The van der Waals surface area contributed by atoms with Gasteiger partial charge in [-0.3, -0.25) is 9.69 Å². The van der Waals surface area contributed by atoms with Crippen LogP contribution >= 0.6 is 0 Å². The van der Waals surface area contributed by atoms with Gasteiger partial charge in [-0.25, -0.2) is 23.5 Å². The average Bonchev–Trinajstić information content (AvgIpc) is 3.26. The van der Waals surface area contributed by atoms with Crippen LogP contribution < -0.4 is 10.2 Å². The first-order chi connectivity index (χ1) is 17.0. The molecule has 1 atom stereocenters. The Bertz CT molecular complexity index is 1220. The number of furan rings is 1. The van der Waals surface area contributed by atoms with Gasteiger partial charge in [0.1, 0.15) is 17.1 Å². The van der Waals surface area contributed by atoms with Gasteiger partial charge in [0.05, 0.1) is 30.7 Å². The summed E-state index contributed by atoms with van der Waals surface area (Å²) in [6, 6.07) is 5.57. The van der Waals surface area contributed by atoms with Gasteiger partial charge >= 0.3 is 0 Å². The topological polar surface area (TPSA) is 117 Å². The average molecular weight is 500 g/mol. The molecule has 1 amide bonds. The molecule has 12 heteroatoms.